The van der Waals surface area contributed by atoms with Crippen LogP contribution >= 0.6 is 11.6 Å². The molecule has 25 heavy (non-hydrogen) atoms. The van der Waals surface area contributed by atoms with Crippen LogP contribution in [0, 0.1) is 0 Å². The van der Waals surface area contributed by atoms with Gasteiger partial charge in [-0.3, -0.25) is 4.79 Å². The molecule has 0 spiro atoms. The van der Waals surface area contributed by atoms with Crippen molar-refractivity contribution in [3.05, 3.63) is 53.8 Å². The first kappa shape index (κ1) is 18.7. The molecule has 1 aromatic carbocycles. The molecule has 132 valence electrons. The quantitative estimate of drug-likeness (QED) is 0.602. The second-order valence-electron chi connectivity index (χ2n) is 5.24. The van der Waals surface area contributed by atoms with Crippen LogP contribution in [0.5, 0.6) is 5.75 Å². The molecular weight excluding hydrogens is 344 g/mol. The zero-order valence-electron chi connectivity index (χ0n) is 13.9. The number of anilines is 1. The lowest BCUT2D eigenvalue weighted by Crippen LogP contribution is -2.36. The van der Waals surface area contributed by atoms with Crippen molar-refractivity contribution >= 4 is 29.2 Å². The lowest BCUT2D eigenvalue weighted by atomic mass is 10.2. The number of nitrogens with one attached hydrogen (secondary N) is 1. The van der Waals surface area contributed by atoms with Crippen molar-refractivity contribution in [2.75, 3.05) is 5.32 Å². The predicted octanol–water partition coefficient (Wildman–Crippen LogP) is 3.46. The molecule has 0 saturated carbocycles. The Bertz CT molecular complexity index is 724. The van der Waals surface area contributed by atoms with Gasteiger partial charge in [0.05, 0.1) is 5.69 Å². The third kappa shape index (κ3) is 5.46. The Morgan fingerprint density at radius 2 is 1.92 bits per heavy atom. The Balaban J connectivity index is 1.93. The number of para-hydroxylation sites is 1. The fourth-order valence-electron chi connectivity index (χ4n) is 1.98. The van der Waals surface area contributed by atoms with E-state index in [-0.39, 0.29) is 5.15 Å². The van der Waals surface area contributed by atoms with Gasteiger partial charge in [0.15, 0.2) is 17.4 Å². The summed E-state index contributed by atoms with van der Waals surface area (Å²) in [6.07, 6.45) is 0.127. The van der Waals surface area contributed by atoms with Crippen LogP contribution in [0.15, 0.2) is 48.7 Å². The van der Waals surface area contributed by atoms with Crippen molar-refractivity contribution in [2.24, 2.45) is 0 Å². The molecule has 1 heterocycles. The first-order valence-corrected chi connectivity index (χ1v) is 8.22. The smallest absolute Gasteiger partial charge is 0.348 e. The fraction of sp³-hybridized carbons (Fsp3) is 0.278. The summed E-state index contributed by atoms with van der Waals surface area (Å²) >= 11 is 5.89. The van der Waals surface area contributed by atoms with Gasteiger partial charge in [0.2, 0.25) is 0 Å². The van der Waals surface area contributed by atoms with Gasteiger partial charge in [0.1, 0.15) is 5.75 Å². The predicted molar refractivity (Wildman–Crippen MR) is 94.6 cm³/mol. The first-order valence-electron chi connectivity index (χ1n) is 7.84. The fourth-order valence-corrected chi connectivity index (χ4v) is 2.15. The van der Waals surface area contributed by atoms with Gasteiger partial charge in [0.25, 0.3) is 5.91 Å². The first-order chi connectivity index (χ1) is 12.0. The highest BCUT2D eigenvalue weighted by Gasteiger charge is 2.25. The lowest BCUT2D eigenvalue weighted by molar-refractivity contribution is -0.160. The molecule has 0 radical (unpaired) electrons. The Hall–Kier alpha value is -2.60. The highest BCUT2D eigenvalue weighted by Crippen LogP contribution is 2.18. The largest absolute Gasteiger partial charge is 0.479 e. The van der Waals surface area contributed by atoms with Crippen LogP contribution in [-0.4, -0.2) is 29.1 Å². The SMILES string of the molecule is CC[C@H](Oc1ccccc1)C(=O)O[C@H](C)C(=O)Nc1cccnc1Cl. The molecule has 0 aliphatic carbocycles. The number of carbonyl (C=O) groups excluding carboxylic acids is 2. The van der Waals surface area contributed by atoms with Crippen molar-refractivity contribution in [2.45, 2.75) is 32.5 Å². The molecule has 1 N–H and O–H groups in total. The van der Waals surface area contributed by atoms with Crippen molar-refractivity contribution in [1.82, 2.24) is 4.98 Å². The highest BCUT2D eigenvalue weighted by molar-refractivity contribution is 6.32. The summed E-state index contributed by atoms with van der Waals surface area (Å²) in [6, 6.07) is 12.2. The monoisotopic (exact) mass is 362 g/mol. The Morgan fingerprint density at radius 3 is 2.56 bits per heavy atom. The number of ether oxygens (including phenoxy) is 2. The van der Waals surface area contributed by atoms with E-state index in [0.717, 1.165) is 0 Å². The molecular formula is C18H19ClN2O4. The van der Waals surface area contributed by atoms with Crippen LogP contribution in [0.1, 0.15) is 20.3 Å². The number of pyridine rings is 1. The number of hydrogen-bond donors (Lipinski definition) is 1. The molecule has 2 aromatic rings. The van der Waals surface area contributed by atoms with Crippen molar-refractivity contribution in [3.8, 4) is 5.75 Å². The van der Waals surface area contributed by atoms with Crippen LogP contribution in [0.4, 0.5) is 5.69 Å². The third-order valence-electron chi connectivity index (χ3n) is 3.33. The van der Waals surface area contributed by atoms with Gasteiger partial charge in [-0.15, -0.1) is 0 Å². The molecule has 1 aromatic heterocycles. The topological polar surface area (TPSA) is 77.5 Å². The number of carbonyl (C=O) groups is 2. The van der Waals surface area contributed by atoms with E-state index in [0.29, 0.717) is 17.9 Å². The number of rotatable bonds is 7. The molecule has 0 aliphatic heterocycles. The minimum atomic E-state index is -1.00. The number of hydrogen-bond acceptors (Lipinski definition) is 5. The van der Waals surface area contributed by atoms with Crippen LogP contribution in [0.25, 0.3) is 0 Å². The van der Waals surface area contributed by atoms with Gasteiger partial charge in [-0.2, -0.15) is 0 Å². The molecule has 0 fully saturated rings. The molecule has 0 unspecified atom stereocenters. The maximum absolute atomic E-state index is 12.2. The minimum Gasteiger partial charge on any atom is -0.479 e. The van der Waals surface area contributed by atoms with Gasteiger partial charge >= 0.3 is 5.97 Å². The number of nitrogens with zero attached hydrogens (tertiary/aromatic N) is 1. The van der Waals surface area contributed by atoms with E-state index < -0.39 is 24.1 Å². The summed E-state index contributed by atoms with van der Waals surface area (Å²) in [4.78, 5) is 28.3. The van der Waals surface area contributed by atoms with E-state index in [9.17, 15) is 9.59 Å². The van der Waals surface area contributed by atoms with Gasteiger partial charge in [-0.25, -0.2) is 9.78 Å². The van der Waals surface area contributed by atoms with Crippen LogP contribution in [-0.2, 0) is 14.3 Å². The highest BCUT2D eigenvalue weighted by atomic mass is 35.5. The standard InChI is InChI=1S/C18H19ClN2O4/c1-3-15(25-13-8-5-4-6-9-13)18(23)24-12(2)17(22)21-14-10-7-11-20-16(14)19/h4-12,15H,3H2,1-2H3,(H,21,22)/t12-,15+/m1/s1. The van der Waals surface area contributed by atoms with Crippen molar-refractivity contribution in [1.29, 1.82) is 0 Å². The van der Waals surface area contributed by atoms with Gasteiger partial charge < -0.3 is 14.8 Å². The minimum absolute atomic E-state index is 0.160. The normalized spacial score (nSPS) is 12.8. The Labute approximate surface area is 151 Å². The molecule has 0 aliphatic rings. The number of esters is 1. The summed E-state index contributed by atoms with van der Waals surface area (Å²) in [6.45, 7) is 3.28. The molecule has 0 bridgehead atoms. The Morgan fingerprint density at radius 1 is 1.20 bits per heavy atom. The van der Waals surface area contributed by atoms with Crippen molar-refractivity contribution < 1.29 is 19.1 Å². The van der Waals surface area contributed by atoms with E-state index in [2.05, 4.69) is 10.3 Å². The summed E-state index contributed by atoms with van der Waals surface area (Å²) < 4.78 is 10.8. The second-order valence-corrected chi connectivity index (χ2v) is 5.60. The van der Waals surface area contributed by atoms with Crippen molar-refractivity contribution in [3.63, 3.8) is 0 Å². The average Bonchev–Trinajstić information content (AvgIpc) is 2.62. The average molecular weight is 363 g/mol. The Kier molecular flexibility index (Phi) is 6.77. The molecule has 7 heteroatoms. The zero-order chi connectivity index (χ0) is 18.2. The van der Waals surface area contributed by atoms with Crippen LogP contribution < -0.4 is 10.1 Å². The van der Waals surface area contributed by atoms with E-state index in [1.165, 1.54) is 13.1 Å². The zero-order valence-corrected chi connectivity index (χ0v) is 14.7. The maximum atomic E-state index is 12.2. The van der Waals surface area contributed by atoms with Gasteiger partial charge in [0, 0.05) is 6.20 Å². The van der Waals surface area contributed by atoms with Gasteiger partial charge in [-0.1, -0.05) is 36.7 Å². The number of amides is 1. The van der Waals surface area contributed by atoms with Crippen LogP contribution in [0.3, 0.4) is 0 Å². The molecule has 2 atom stereocenters. The summed E-state index contributed by atoms with van der Waals surface area (Å²) in [5, 5.41) is 2.73. The number of halogens is 1. The van der Waals surface area contributed by atoms with E-state index in [4.69, 9.17) is 21.1 Å². The van der Waals surface area contributed by atoms with Gasteiger partial charge in [-0.05, 0) is 37.6 Å². The van der Waals surface area contributed by atoms with Crippen LogP contribution in [0.2, 0.25) is 5.15 Å². The van der Waals surface area contributed by atoms with E-state index in [1.807, 2.05) is 6.07 Å². The maximum Gasteiger partial charge on any atom is 0.348 e. The molecule has 1 amide bonds. The van der Waals surface area contributed by atoms with E-state index in [1.54, 1.807) is 43.3 Å². The third-order valence-corrected chi connectivity index (χ3v) is 3.64. The molecule has 2 rings (SSSR count). The summed E-state index contributed by atoms with van der Waals surface area (Å²) in [5.41, 5.74) is 0.352. The number of benzene rings is 1. The molecule has 0 saturated heterocycles. The van der Waals surface area contributed by atoms with E-state index >= 15 is 0 Å². The molecule has 6 nitrogen and oxygen atoms in total. The second kappa shape index (κ2) is 9.03. The summed E-state index contributed by atoms with van der Waals surface area (Å²) in [5.74, 6) is -0.547. The number of aromatic nitrogens is 1. The lowest BCUT2D eigenvalue weighted by Gasteiger charge is -2.19. The summed E-state index contributed by atoms with van der Waals surface area (Å²) in [7, 11) is 0.